The average molecular weight is 309 g/mol. The minimum absolute atomic E-state index is 0.600. The van der Waals surface area contributed by atoms with E-state index in [2.05, 4.69) is 53.1 Å². The first-order chi connectivity index (χ1) is 8.67. The van der Waals surface area contributed by atoms with Crippen LogP contribution in [-0.4, -0.2) is 11.5 Å². The van der Waals surface area contributed by atoms with Crippen molar-refractivity contribution in [1.29, 1.82) is 0 Å². The van der Waals surface area contributed by atoms with Gasteiger partial charge in [0.1, 0.15) is 0 Å². The molecule has 3 N–H and O–H groups in total. The molecule has 2 rings (SSSR count). The summed E-state index contributed by atoms with van der Waals surface area (Å²) in [4.78, 5) is 3.36. The zero-order chi connectivity index (χ0) is 13.1. The van der Waals surface area contributed by atoms with Crippen molar-refractivity contribution < 1.29 is 0 Å². The van der Waals surface area contributed by atoms with Gasteiger partial charge in [0, 0.05) is 16.1 Å². The summed E-state index contributed by atoms with van der Waals surface area (Å²) in [6.07, 6.45) is 5.37. The first kappa shape index (κ1) is 13.6. The second-order valence-electron chi connectivity index (χ2n) is 4.94. The Balaban J connectivity index is 2.46. The number of nitrogens with one attached hydrogen (secondary N) is 1. The molecule has 0 radical (unpaired) electrons. The van der Waals surface area contributed by atoms with Crippen molar-refractivity contribution in [2.75, 3.05) is 6.54 Å². The molecule has 3 heteroatoms. The number of aryl methyl sites for hydroxylation is 1. The molecule has 1 aromatic heterocycles. The number of halogens is 1. The second-order valence-corrected chi connectivity index (χ2v) is 5.80. The van der Waals surface area contributed by atoms with Gasteiger partial charge in [0.25, 0.3) is 0 Å². The highest BCUT2D eigenvalue weighted by Gasteiger charge is 2.11. The minimum atomic E-state index is 0.600. The van der Waals surface area contributed by atoms with Gasteiger partial charge in [0.2, 0.25) is 0 Å². The van der Waals surface area contributed by atoms with Crippen molar-refractivity contribution in [1.82, 2.24) is 4.98 Å². The predicted molar refractivity (Wildman–Crippen MR) is 82.1 cm³/mol. The molecule has 2 nitrogen and oxygen atoms in total. The molecule has 0 fully saturated rings. The van der Waals surface area contributed by atoms with Crippen LogP contribution in [0.15, 0.2) is 22.8 Å². The highest BCUT2D eigenvalue weighted by Crippen LogP contribution is 2.32. The third-order valence-electron chi connectivity index (χ3n) is 3.68. The highest BCUT2D eigenvalue weighted by molar-refractivity contribution is 9.10. The van der Waals surface area contributed by atoms with Gasteiger partial charge in [-0.25, -0.2) is 0 Å². The number of benzene rings is 1. The van der Waals surface area contributed by atoms with E-state index in [0.717, 1.165) is 23.9 Å². The molecule has 0 saturated heterocycles. The summed E-state index contributed by atoms with van der Waals surface area (Å²) in [5.41, 5.74) is 9.59. The molecule has 1 atom stereocenters. The predicted octanol–water partition coefficient (Wildman–Crippen LogP) is 4.34. The van der Waals surface area contributed by atoms with Crippen LogP contribution in [0.2, 0.25) is 0 Å². The molecule has 0 bridgehead atoms. The Kier molecular flexibility index (Phi) is 4.46. The van der Waals surface area contributed by atoms with Gasteiger partial charge in [-0.2, -0.15) is 0 Å². The van der Waals surface area contributed by atoms with Crippen molar-refractivity contribution in [3.05, 3.63) is 33.9 Å². The van der Waals surface area contributed by atoms with Crippen LogP contribution >= 0.6 is 15.9 Å². The van der Waals surface area contributed by atoms with Gasteiger partial charge in [0.05, 0.1) is 5.52 Å². The Bertz CT molecular complexity index is 531. The number of hydrogen-bond acceptors (Lipinski definition) is 1. The van der Waals surface area contributed by atoms with Gasteiger partial charge in [-0.05, 0) is 70.9 Å². The lowest BCUT2D eigenvalue weighted by atomic mass is 9.96. The first-order valence-electron chi connectivity index (χ1n) is 6.66. The quantitative estimate of drug-likeness (QED) is 0.848. The molecule has 0 amide bonds. The van der Waals surface area contributed by atoms with Crippen molar-refractivity contribution in [3.8, 4) is 0 Å². The summed E-state index contributed by atoms with van der Waals surface area (Å²) in [5.74, 6) is 0.600. The topological polar surface area (TPSA) is 41.8 Å². The normalized spacial score (nSPS) is 13.1. The van der Waals surface area contributed by atoms with Crippen LogP contribution in [0.3, 0.4) is 0 Å². The van der Waals surface area contributed by atoms with Crippen LogP contribution in [0.4, 0.5) is 0 Å². The number of hydrogen-bond donors (Lipinski definition) is 2. The molecule has 1 unspecified atom stereocenters. The van der Waals surface area contributed by atoms with Crippen LogP contribution in [0.1, 0.15) is 43.7 Å². The Morgan fingerprint density at radius 3 is 2.83 bits per heavy atom. The zero-order valence-electron chi connectivity index (χ0n) is 11.1. The lowest BCUT2D eigenvalue weighted by molar-refractivity contribution is 0.734. The molecular formula is C15H21BrN2. The van der Waals surface area contributed by atoms with E-state index in [-0.39, 0.29) is 0 Å². The second kappa shape index (κ2) is 5.89. The van der Waals surface area contributed by atoms with Crippen LogP contribution in [0.5, 0.6) is 0 Å². The molecular weight excluding hydrogens is 288 g/mol. The van der Waals surface area contributed by atoms with E-state index in [9.17, 15) is 0 Å². The van der Waals surface area contributed by atoms with Crippen molar-refractivity contribution in [2.24, 2.45) is 5.73 Å². The number of nitrogens with two attached hydrogens (primary N) is 1. The summed E-state index contributed by atoms with van der Waals surface area (Å²) < 4.78 is 1.16. The smallest absolute Gasteiger partial charge is 0.0601 e. The first-order valence-corrected chi connectivity index (χ1v) is 7.46. The number of H-pyrrole nitrogens is 1. The van der Waals surface area contributed by atoms with Crippen molar-refractivity contribution in [3.63, 3.8) is 0 Å². The summed E-state index contributed by atoms with van der Waals surface area (Å²) in [6, 6.07) is 4.57. The standard InChI is InChI=1S/C15H21BrN2/c1-3-10(2)12-7-13-11(5-4-6-17)9-18-15(13)14(16)8-12/h7-10,18H,3-6,17H2,1-2H3. The SMILES string of the molecule is CCC(C)c1cc(Br)c2[nH]cc(CCCN)c2c1. The van der Waals surface area contributed by atoms with E-state index in [4.69, 9.17) is 5.73 Å². The Morgan fingerprint density at radius 1 is 1.39 bits per heavy atom. The summed E-state index contributed by atoms with van der Waals surface area (Å²) in [6.45, 7) is 5.26. The third kappa shape index (κ3) is 2.62. The van der Waals surface area contributed by atoms with E-state index in [1.807, 2.05) is 0 Å². The van der Waals surface area contributed by atoms with Crippen LogP contribution < -0.4 is 5.73 Å². The van der Waals surface area contributed by atoms with E-state index in [0.29, 0.717) is 5.92 Å². The lowest BCUT2D eigenvalue weighted by Gasteiger charge is -2.10. The summed E-state index contributed by atoms with van der Waals surface area (Å²) in [7, 11) is 0. The fourth-order valence-electron chi connectivity index (χ4n) is 2.28. The lowest BCUT2D eigenvalue weighted by Crippen LogP contribution is -2.00. The molecule has 1 aromatic carbocycles. The van der Waals surface area contributed by atoms with E-state index in [1.54, 1.807) is 0 Å². The van der Waals surface area contributed by atoms with Gasteiger partial charge < -0.3 is 10.7 Å². The largest absolute Gasteiger partial charge is 0.360 e. The number of rotatable bonds is 5. The Labute approximate surface area is 117 Å². The van der Waals surface area contributed by atoms with Gasteiger partial charge in [-0.15, -0.1) is 0 Å². The van der Waals surface area contributed by atoms with E-state index < -0.39 is 0 Å². The number of aromatic nitrogens is 1. The summed E-state index contributed by atoms with van der Waals surface area (Å²) in [5, 5.41) is 1.34. The third-order valence-corrected chi connectivity index (χ3v) is 4.31. The molecule has 0 aliphatic carbocycles. The van der Waals surface area contributed by atoms with Gasteiger partial charge >= 0.3 is 0 Å². The van der Waals surface area contributed by atoms with E-state index in [1.165, 1.54) is 28.5 Å². The van der Waals surface area contributed by atoms with Crippen molar-refractivity contribution in [2.45, 2.75) is 39.0 Å². The Hall–Kier alpha value is -0.800. The van der Waals surface area contributed by atoms with Crippen LogP contribution in [-0.2, 0) is 6.42 Å². The maximum atomic E-state index is 5.60. The molecule has 1 heterocycles. The number of fused-ring (bicyclic) bond motifs is 1. The van der Waals surface area contributed by atoms with E-state index >= 15 is 0 Å². The fourth-order valence-corrected chi connectivity index (χ4v) is 2.88. The van der Waals surface area contributed by atoms with Crippen LogP contribution in [0.25, 0.3) is 10.9 Å². The molecule has 2 aromatic rings. The molecule has 98 valence electrons. The Morgan fingerprint density at radius 2 is 2.17 bits per heavy atom. The molecule has 0 aliphatic heterocycles. The molecule has 0 spiro atoms. The molecule has 0 saturated carbocycles. The van der Waals surface area contributed by atoms with Gasteiger partial charge in [-0.1, -0.05) is 13.8 Å². The van der Waals surface area contributed by atoms with Crippen LogP contribution in [0, 0.1) is 0 Å². The molecule has 0 aliphatic rings. The van der Waals surface area contributed by atoms with Gasteiger partial charge in [-0.3, -0.25) is 0 Å². The maximum absolute atomic E-state index is 5.60. The minimum Gasteiger partial charge on any atom is -0.360 e. The molecule has 18 heavy (non-hydrogen) atoms. The zero-order valence-corrected chi connectivity index (χ0v) is 12.7. The number of aromatic amines is 1. The maximum Gasteiger partial charge on any atom is 0.0601 e. The summed E-state index contributed by atoms with van der Waals surface area (Å²) >= 11 is 3.67. The fraction of sp³-hybridized carbons (Fsp3) is 0.467. The van der Waals surface area contributed by atoms with Crippen molar-refractivity contribution >= 4 is 26.8 Å². The van der Waals surface area contributed by atoms with Gasteiger partial charge in [0.15, 0.2) is 0 Å². The average Bonchev–Trinajstić information content (AvgIpc) is 2.79. The monoisotopic (exact) mass is 308 g/mol. The highest BCUT2D eigenvalue weighted by atomic mass is 79.9.